The van der Waals surface area contributed by atoms with Gasteiger partial charge in [0.1, 0.15) is 36.1 Å². The lowest BCUT2D eigenvalue weighted by Gasteiger charge is -2.32. The molecule has 2 fully saturated rings. The average molecular weight is 883 g/mol. The zero-order chi connectivity index (χ0) is 45.5. The number of hydrogen-bond donors (Lipinski definition) is 4. The van der Waals surface area contributed by atoms with Crippen molar-refractivity contribution >= 4 is 45.8 Å². The van der Waals surface area contributed by atoms with Crippen molar-refractivity contribution in [1.82, 2.24) is 40.4 Å². The Bertz CT molecular complexity index is 2770. The molecule has 338 valence electrons. The highest BCUT2D eigenvalue weighted by Gasteiger charge is 2.43. The Hall–Kier alpha value is -6.94. The van der Waals surface area contributed by atoms with Crippen LogP contribution in [-0.4, -0.2) is 100 Å². The van der Waals surface area contributed by atoms with Crippen LogP contribution in [0.3, 0.4) is 0 Å². The number of methoxy groups -OCH3 is 3. The van der Waals surface area contributed by atoms with Crippen molar-refractivity contribution < 1.29 is 38.1 Å². The lowest BCUT2D eigenvalue weighted by atomic mass is 9.92. The van der Waals surface area contributed by atoms with E-state index in [1.807, 2.05) is 68.3 Å². The zero-order valence-electron chi connectivity index (χ0n) is 37.3. The first kappa shape index (κ1) is 43.3. The van der Waals surface area contributed by atoms with E-state index in [9.17, 15) is 19.2 Å². The van der Waals surface area contributed by atoms with Gasteiger partial charge < -0.3 is 49.3 Å². The number of carbonyl (C=O) groups is 4. The molecule has 3 aliphatic rings. The molecule has 0 spiro atoms. The molecule has 6 aromatic rings. The van der Waals surface area contributed by atoms with E-state index >= 15 is 0 Å². The van der Waals surface area contributed by atoms with Gasteiger partial charge in [-0.2, -0.15) is 0 Å². The number of H-pyrrole nitrogens is 2. The van der Waals surface area contributed by atoms with Gasteiger partial charge in [0.15, 0.2) is 0 Å². The third-order valence-corrected chi connectivity index (χ3v) is 13.1. The minimum Gasteiger partial charge on any atom is -0.488 e. The Labute approximate surface area is 376 Å². The van der Waals surface area contributed by atoms with E-state index in [0.717, 1.165) is 68.3 Å². The second kappa shape index (κ2) is 17.9. The molecule has 65 heavy (non-hydrogen) atoms. The number of alkyl carbamates (subject to hydrolysis) is 2. The maximum atomic E-state index is 14.4. The van der Waals surface area contributed by atoms with Gasteiger partial charge in [0, 0.05) is 48.3 Å². The number of nitrogens with zero attached hydrogens (tertiary/aromatic N) is 4. The number of benzene rings is 4. The van der Waals surface area contributed by atoms with Crippen LogP contribution in [-0.2, 0) is 30.4 Å². The van der Waals surface area contributed by atoms with Crippen molar-refractivity contribution in [3.63, 3.8) is 0 Å². The molecule has 0 radical (unpaired) electrons. The lowest BCUT2D eigenvalue weighted by molar-refractivity contribution is -0.137. The molecule has 0 saturated carbocycles. The molecule has 9 rings (SSSR count). The standard InChI is InChI=1S/C49H54N8O8/c1-26(2)41(54-48(60)63-5)47(59)57-27(3)12-17-38(57)44-50-22-37(52-44)31-13-15-33-32(19-31)25-65-40-21-34-30(20-35(33)40)14-16-36-43(34)53-45(51-36)39-18-28(24-62-4)23-56(39)46(58)42(55-49(61)64-6)29-10-8-7-9-11-29/h7-11,13-16,19-22,26-28,38-39,41-42H,12,17-18,23-25H2,1-6H3,(H,50,52)(H,51,53)(H,54,60)(H,55,61)/t27-,28-,38-,39?,41-,42+/m0/s1. The minimum absolute atomic E-state index is 0.0242. The molecule has 0 aliphatic carbocycles. The summed E-state index contributed by atoms with van der Waals surface area (Å²) in [6.07, 6.45) is 2.73. The molecule has 5 heterocycles. The van der Waals surface area contributed by atoms with Gasteiger partial charge >= 0.3 is 12.2 Å². The number of fused-ring (bicyclic) bond motifs is 6. The van der Waals surface area contributed by atoms with Crippen LogP contribution in [0.15, 0.2) is 79.0 Å². The minimum atomic E-state index is -0.956. The molecule has 16 nitrogen and oxygen atoms in total. The van der Waals surface area contributed by atoms with Crippen LogP contribution >= 0.6 is 0 Å². The molecule has 6 atom stereocenters. The fourth-order valence-electron chi connectivity index (χ4n) is 9.83. The van der Waals surface area contributed by atoms with E-state index in [-0.39, 0.29) is 35.7 Å². The van der Waals surface area contributed by atoms with Crippen molar-refractivity contribution in [2.75, 3.05) is 34.5 Å². The maximum Gasteiger partial charge on any atom is 0.407 e. The van der Waals surface area contributed by atoms with Crippen LogP contribution < -0.4 is 15.4 Å². The van der Waals surface area contributed by atoms with E-state index in [2.05, 4.69) is 57.0 Å². The SMILES string of the molecule is COC[C@H]1CC(c2nc3ccc4cc5c(cc4c3[nH]2)OCc2cc(-c3c[nH]c([C@@H]4CC[C@H](C)N4C(=O)[C@@H](NC(=O)OC)C(C)C)n3)ccc2-5)N(C(=O)[C@H](NC(=O)OC)c2ccccc2)C1. The van der Waals surface area contributed by atoms with Crippen molar-refractivity contribution in [1.29, 1.82) is 0 Å². The van der Waals surface area contributed by atoms with Gasteiger partial charge in [-0.25, -0.2) is 19.6 Å². The largest absolute Gasteiger partial charge is 0.488 e. The molecule has 2 aromatic heterocycles. The molecule has 4 N–H and O–H groups in total. The molecule has 16 heteroatoms. The predicted molar refractivity (Wildman–Crippen MR) is 243 cm³/mol. The Morgan fingerprint density at radius 1 is 0.862 bits per heavy atom. The smallest absolute Gasteiger partial charge is 0.407 e. The number of ether oxygens (including phenoxy) is 4. The number of aromatic amines is 2. The summed E-state index contributed by atoms with van der Waals surface area (Å²) in [5.41, 5.74) is 6.99. The van der Waals surface area contributed by atoms with Gasteiger partial charge in [0.2, 0.25) is 5.91 Å². The number of likely N-dealkylation sites (tertiary alicyclic amines) is 2. The van der Waals surface area contributed by atoms with Crippen LogP contribution in [0.4, 0.5) is 9.59 Å². The topological polar surface area (TPSA) is 193 Å². The Morgan fingerprint density at radius 2 is 1.65 bits per heavy atom. The molecular weight excluding hydrogens is 829 g/mol. The third kappa shape index (κ3) is 8.22. The van der Waals surface area contributed by atoms with Gasteiger partial charge in [-0.1, -0.05) is 62.4 Å². The second-order valence-corrected chi connectivity index (χ2v) is 17.6. The fourth-order valence-corrected chi connectivity index (χ4v) is 9.83. The highest BCUT2D eigenvalue weighted by atomic mass is 16.5. The number of rotatable bonds is 11. The van der Waals surface area contributed by atoms with Gasteiger partial charge in [-0.15, -0.1) is 0 Å². The summed E-state index contributed by atoms with van der Waals surface area (Å²) < 4.78 is 21.7. The third-order valence-electron chi connectivity index (χ3n) is 13.1. The summed E-state index contributed by atoms with van der Waals surface area (Å²) in [5.74, 6) is 1.61. The highest BCUT2D eigenvalue weighted by Crippen LogP contribution is 2.44. The predicted octanol–water partition coefficient (Wildman–Crippen LogP) is 7.73. The number of hydrogen-bond acceptors (Lipinski definition) is 10. The van der Waals surface area contributed by atoms with Crippen molar-refractivity contribution in [3.8, 4) is 28.1 Å². The van der Waals surface area contributed by atoms with Crippen molar-refractivity contribution in [2.24, 2.45) is 11.8 Å². The second-order valence-electron chi connectivity index (χ2n) is 17.6. The number of carbonyl (C=O) groups excluding carboxylic acids is 4. The monoisotopic (exact) mass is 882 g/mol. The van der Waals surface area contributed by atoms with E-state index in [1.54, 1.807) is 12.0 Å². The summed E-state index contributed by atoms with van der Waals surface area (Å²) in [6.45, 7) is 7.09. The van der Waals surface area contributed by atoms with Gasteiger partial charge in [0.05, 0.1) is 49.6 Å². The molecule has 4 amide bonds. The van der Waals surface area contributed by atoms with Gasteiger partial charge in [0.25, 0.3) is 5.91 Å². The van der Waals surface area contributed by atoms with Gasteiger partial charge in [-0.3, -0.25) is 9.59 Å². The number of imidazole rings is 2. The normalized spacial score (nSPS) is 20.0. The highest BCUT2D eigenvalue weighted by molar-refractivity contribution is 6.07. The molecular formula is C49H54N8O8. The molecule has 1 unspecified atom stereocenters. The van der Waals surface area contributed by atoms with E-state index in [4.69, 9.17) is 28.9 Å². The summed E-state index contributed by atoms with van der Waals surface area (Å²) >= 11 is 0. The first-order chi connectivity index (χ1) is 31.5. The molecule has 4 aromatic carbocycles. The zero-order valence-corrected chi connectivity index (χ0v) is 37.3. The van der Waals surface area contributed by atoms with Crippen LogP contribution in [0.25, 0.3) is 44.2 Å². The van der Waals surface area contributed by atoms with Gasteiger partial charge in [-0.05, 0) is 78.4 Å². The van der Waals surface area contributed by atoms with Crippen molar-refractivity contribution in [2.45, 2.75) is 76.8 Å². The van der Waals surface area contributed by atoms with Crippen LogP contribution in [0, 0.1) is 11.8 Å². The van der Waals surface area contributed by atoms with E-state index in [0.29, 0.717) is 43.4 Å². The number of aromatic nitrogens is 4. The fraction of sp³-hybridized carbons (Fsp3) is 0.388. The molecule has 2 saturated heterocycles. The van der Waals surface area contributed by atoms with Crippen LogP contribution in [0.5, 0.6) is 5.75 Å². The molecule has 3 aliphatic heterocycles. The first-order valence-corrected chi connectivity index (χ1v) is 22.1. The van der Waals surface area contributed by atoms with Crippen LogP contribution in [0.1, 0.15) is 80.9 Å². The average Bonchev–Trinajstić information content (AvgIpc) is 4.15. The quantitative estimate of drug-likeness (QED) is 0.100. The summed E-state index contributed by atoms with van der Waals surface area (Å²) in [6, 6.07) is 21.3. The lowest BCUT2D eigenvalue weighted by Crippen LogP contribution is -2.52. The summed E-state index contributed by atoms with van der Waals surface area (Å²) in [5, 5.41) is 7.42. The Morgan fingerprint density at radius 3 is 2.40 bits per heavy atom. The summed E-state index contributed by atoms with van der Waals surface area (Å²) in [4.78, 5) is 73.6. The van der Waals surface area contributed by atoms with Crippen LogP contribution in [0.2, 0.25) is 0 Å². The Kier molecular flexibility index (Phi) is 11.9. The first-order valence-electron chi connectivity index (χ1n) is 22.1. The maximum absolute atomic E-state index is 14.4. The number of amides is 4. The van der Waals surface area contributed by atoms with Crippen molar-refractivity contribution in [3.05, 3.63) is 102 Å². The summed E-state index contributed by atoms with van der Waals surface area (Å²) in [7, 11) is 4.22. The molecule has 0 bridgehead atoms. The van der Waals surface area contributed by atoms with E-state index in [1.165, 1.54) is 14.2 Å². The van der Waals surface area contributed by atoms with E-state index < -0.39 is 30.3 Å². The Balaban J connectivity index is 0.981. The number of nitrogens with one attached hydrogen (secondary N) is 4.